The van der Waals surface area contributed by atoms with Gasteiger partial charge in [0.1, 0.15) is 0 Å². The van der Waals surface area contributed by atoms with Crippen molar-refractivity contribution in [2.24, 2.45) is 5.73 Å². The zero-order valence-electron chi connectivity index (χ0n) is 13.7. The molecule has 0 aliphatic carbocycles. The minimum atomic E-state index is -0.140. The van der Waals surface area contributed by atoms with Crippen LogP contribution in [0.25, 0.3) is 0 Å². The zero-order valence-corrected chi connectivity index (χ0v) is 14.4. The van der Waals surface area contributed by atoms with Crippen LogP contribution in [-0.4, -0.2) is 24.9 Å². The van der Waals surface area contributed by atoms with Crippen LogP contribution in [-0.2, 0) is 9.59 Å². The Labute approximate surface area is 143 Å². The molecule has 0 radical (unpaired) electrons. The monoisotopic (exact) mass is 339 g/mol. The van der Waals surface area contributed by atoms with Crippen molar-refractivity contribution in [3.63, 3.8) is 0 Å². The summed E-state index contributed by atoms with van der Waals surface area (Å²) in [6.45, 7) is 2.89. The number of hydrogen-bond acceptors (Lipinski definition) is 3. The molecule has 4 N–H and O–H groups in total. The Kier molecular flexibility index (Phi) is 9.33. The number of carbonyl (C=O) groups is 2. The molecule has 0 saturated carbocycles. The van der Waals surface area contributed by atoms with E-state index < -0.39 is 0 Å². The molecule has 0 unspecified atom stereocenters. The lowest BCUT2D eigenvalue weighted by Crippen LogP contribution is -2.27. The summed E-state index contributed by atoms with van der Waals surface area (Å²) >= 11 is 6.01. The minimum Gasteiger partial charge on any atom is -0.356 e. The van der Waals surface area contributed by atoms with Crippen molar-refractivity contribution in [2.45, 2.75) is 45.4 Å². The molecule has 0 aliphatic rings. The third kappa shape index (κ3) is 8.00. The molecule has 0 fully saturated rings. The van der Waals surface area contributed by atoms with Gasteiger partial charge in [0, 0.05) is 30.1 Å². The number of unbranched alkanes of at least 4 members (excludes halogenated alkanes) is 3. The van der Waals surface area contributed by atoms with Crippen molar-refractivity contribution in [3.05, 3.63) is 28.8 Å². The Hall–Kier alpha value is -1.59. The fraction of sp³-hybridized carbons (Fsp3) is 0.529. The number of carbonyl (C=O) groups excluding carboxylic acids is 2. The number of rotatable bonds is 10. The summed E-state index contributed by atoms with van der Waals surface area (Å²) in [4.78, 5) is 23.5. The lowest BCUT2D eigenvalue weighted by atomic mass is 10.1. The van der Waals surface area contributed by atoms with E-state index in [1.165, 1.54) is 0 Å². The minimum absolute atomic E-state index is 0.00974. The lowest BCUT2D eigenvalue weighted by molar-refractivity contribution is -0.121. The van der Waals surface area contributed by atoms with E-state index in [-0.39, 0.29) is 18.2 Å². The van der Waals surface area contributed by atoms with Crippen LogP contribution < -0.4 is 16.4 Å². The molecule has 0 aliphatic heterocycles. The molecule has 0 spiro atoms. The van der Waals surface area contributed by atoms with Crippen LogP contribution in [0.5, 0.6) is 0 Å². The Morgan fingerprint density at radius 1 is 1.09 bits per heavy atom. The van der Waals surface area contributed by atoms with Gasteiger partial charge < -0.3 is 16.4 Å². The van der Waals surface area contributed by atoms with Gasteiger partial charge in [0.15, 0.2) is 0 Å². The van der Waals surface area contributed by atoms with Gasteiger partial charge in [-0.05, 0) is 44.0 Å². The van der Waals surface area contributed by atoms with Crippen LogP contribution >= 0.6 is 11.6 Å². The van der Waals surface area contributed by atoms with Crippen molar-refractivity contribution in [3.8, 4) is 0 Å². The van der Waals surface area contributed by atoms with E-state index in [0.717, 1.165) is 31.2 Å². The Balaban J connectivity index is 2.18. The second-order valence-electron chi connectivity index (χ2n) is 5.51. The third-order valence-electron chi connectivity index (χ3n) is 3.57. The number of anilines is 1. The first kappa shape index (κ1) is 19.5. The fourth-order valence-corrected chi connectivity index (χ4v) is 2.32. The molecule has 0 saturated heterocycles. The molecule has 1 aromatic rings. The SMILES string of the molecule is Cc1c(Cl)cccc1NC(=O)CCNC(=O)CCCCCCN. The average molecular weight is 340 g/mol. The van der Waals surface area contributed by atoms with Gasteiger partial charge in [0.25, 0.3) is 0 Å². The molecule has 23 heavy (non-hydrogen) atoms. The maximum atomic E-state index is 11.9. The largest absolute Gasteiger partial charge is 0.356 e. The first-order valence-corrected chi connectivity index (χ1v) is 8.44. The summed E-state index contributed by atoms with van der Waals surface area (Å²) in [7, 11) is 0. The molecule has 128 valence electrons. The van der Waals surface area contributed by atoms with E-state index in [1.54, 1.807) is 18.2 Å². The molecule has 5 nitrogen and oxygen atoms in total. The van der Waals surface area contributed by atoms with Crippen molar-refractivity contribution in [1.82, 2.24) is 5.32 Å². The summed E-state index contributed by atoms with van der Waals surface area (Å²) in [6, 6.07) is 5.37. The highest BCUT2D eigenvalue weighted by atomic mass is 35.5. The van der Waals surface area contributed by atoms with Gasteiger partial charge in [-0.1, -0.05) is 30.5 Å². The van der Waals surface area contributed by atoms with Crippen molar-refractivity contribution in [1.29, 1.82) is 0 Å². The van der Waals surface area contributed by atoms with Gasteiger partial charge in [-0.3, -0.25) is 9.59 Å². The number of nitrogens with two attached hydrogens (primary N) is 1. The lowest BCUT2D eigenvalue weighted by Gasteiger charge is -2.10. The van der Waals surface area contributed by atoms with Crippen molar-refractivity contribution in [2.75, 3.05) is 18.4 Å². The van der Waals surface area contributed by atoms with Gasteiger partial charge in [-0.2, -0.15) is 0 Å². The maximum Gasteiger partial charge on any atom is 0.226 e. The highest BCUT2D eigenvalue weighted by Crippen LogP contribution is 2.22. The van der Waals surface area contributed by atoms with E-state index in [1.807, 2.05) is 6.92 Å². The van der Waals surface area contributed by atoms with Crippen LogP contribution in [0.15, 0.2) is 18.2 Å². The molecule has 1 aromatic carbocycles. The predicted molar refractivity (Wildman–Crippen MR) is 94.6 cm³/mol. The van der Waals surface area contributed by atoms with E-state index in [2.05, 4.69) is 10.6 Å². The van der Waals surface area contributed by atoms with Crippen LogP contribution in [0.3, 0.4) is 0 Å². The summed E-state index contributed by atoms with van der Waals surface area (Å²) in [5.41, 5.74) is 6.95. The highest BCUT2D eigenvalue weighted by molar-refractivity contribution is 6.31. The maximum absolute atomic E-state index is 11.9. The zero-order chi connectivity index (χ0) is 17.1. The Morgan fingerprint density at radius 3 is 2.57 bits per heavy atom. The summed E-state index contributed by atoms with van der Waals surface area (Å²) in [5.74, 6) is -0.150. The summed E-state index contributed by atoms with van der Waals surface area (Å²) < 4.78 is 0. The Morgan fingerprint density at radius 2 is 1.83 bits per heavy atom. The molecule has 0 atom stereocenters. The van der Waals surface area contributed by atoms with Crippen LogP contribution in [0.2, 0.25) is 5.02 Å². The molecular formula is C17H26ClN3O2. The first-order valence-electron chi connectivity index (χ1n) is 8.06. The van der Waals surface area contributed by atoms with Gasteiger partial charge in [0.2, 0.25) is 11.8 Å². The third-order valence-corrected chi connectivity index (χ3v) is 3.98. The fourth-order valence-electron chi connectivity index (χ4n) is 2.14. The molecule has 6 heteroatoms. The van der Waals surface area contributed by atoms with E-state index in [0.29, 0.717) is 30.2 Å². The van der Waals surface area contributed by atoms with Gasteiger partial charge in [0.05, 0.1) is 0 Å². The number of amides is 2. The van der Waals surface area contributed by atoms with Crippen LogP contribution in [0.4, 0.5) is 5.69 Å². The smallest absolute Gasteiger partial charge is 0.226 e. The summed E-state index contributed by atoms with van der Waals surface area (Å²) in [5, 5.41) is 6.19. The van der Waals surface area contributed by atoms with E-state index in [9.17, 15) is 9.59 Å². The molecule has 0 aromatic heterocycles. The van der Waals surface area contributed by atoms with Crippen LogP contribution in [0.1, 0.15) is 44.1 Å². The standard InChI is InChI=1S/C17H26ClN3O2/c1-13-14(18)7-6-8-15(13)21-17(23)10-12-20-16(22)9-4-2-3-5-11-19/h6-8H,2-5,9-12,19H2,1H3,(H,20,22)(H,21,23). The number of hydrogen-bond donors (Lipinski definition) is 3. The average Bonchev–Trinajstić information content (AvgIpc) is 2.51. The van der Waals surface area contributed by atoms with E-state index in [4.69, 9.17) is 17.3 Å². The number of halogens is 1. The molecule has 1 rings (SSSR count). The van der Waals surface area contributed by atoms with Gasteiger partial charge >= 0.3 is 0 Å². The number of benzene rings is 1. The normalized spacial score (nSPS) is 10.4. The number of nitrogens with one attached hydrogen (secondary N) is 2. The van der Waals surface area contributed by atoms with Gasteiger partial charge in [-0.25, -0.2) is 0 Å². The van der Waals surface area contributed by atoms with Crippen LogP contribution in [0, 0.1) is 6.92 Å². The van der Waals surface area contributed by atoms with Crippen molar-refractivity contribution < 1.29 is 9.59 Å². The second-order valence-corrected chi connectivity index (χ2v) is 5.92. The Bertz CT molecular complexity index is 521. The molecule has 0 heterocycles. The molecule has 2 amide bonds. The van der Waals surface area contributed by atoms with Gasteiger partial charge in [-0.15, -0.1) is 0 Å². The second kappa shape index (κ2) is 11.0. The molecule has 0 bridgehead atoms. The first-order chi connectivity index (χ1) is 11.0. The predicted octanol–water partition coefficient (Wildman–Crippen LogP) is 3.00. The topological polar surface area (TPSA) is 84.2 Å². The van der Waals surface area contributed by atoms with Crippen molar-refractivity contribution >= 4 is 29.1 Å². The quantitative estimate of drug-likeness (QED) is 0.573. The molecular weight excluding hydrogens is 314 g/mol. The highest BCUT2D eigenvalue weighted by Gasteiger charge is 2.07. The summed E-state index contributed by atoms with van der Waals surface area (Å²) in [6.07, 6.45) is 4.68. The van der Waals surface area contributed by atoms with E-state index >= 15 is 0 Å².